The van der Waals surface area contributed by atoms with Gasteiger partial charge in [0, 0.05) is 0 Å². The number of aliphatic hydroxyl groups excluding tert-OH is 1. The second-order valence-corrected chi connectivity index (χ2v) is 6.42. The molecular formula is C20H18F3NO2. The highest BCUT2D eigenvalue weighted by Crippen LogP contribution is 2.32. The third kappa shape index (κ3) is 3.81. The Labute approximate surface area is 148 Å². The summed E-state index contributed by atoms with van der Waals surface area (Å²) in [4.78, 5) is 0. The van der Waals surface area contributed by atoms with E-state index in [1.807, 2.05) is 24.3 Å². The molecule has 3 rings (SSSR count). The van der Waals surface area contributed by atoms with Gasteiger partial charge < -0.3 is 15.6 Å². The first-order valence-electron chi connectivity index (χ1n) is 7.98. The first kappa shape index (κ1) is 18.2. The molecule has 0 aliphatic rings. The second kappa shape index (κ2) is 6.63. The molecule has 0 aliphatic carbocycles. The number of hydrogen-bond acceptors (Lipinski definition) is 3. The highest BCUT2D eigenvalue weighted by Gasteiger charge is 2.30. The lowest BCUT2D eigenvalue weighted by atomic mass is 9.92. The van der Waals surface area contributed by atoms with E-state index >= 15 is 0 Å². The molecule has 136 valence electrons. The van der Waals surface area contributed by atoms with Crippen LogP contribution in [0.25, 0.3) is 10.8 Å². The van der Waals surface area contributed by atoms with Crippen LogP contribution in [-0.2, 0) is 11.7 Å². The van der Waals surface area contributed by atoms with E-state index in [1.165, 1.54) is 12.1 Å². The number of alkyl halides is 3. The lowest BCUT2D eigenvalue weighted by Gasteiger charge is -2.22. The van der Waals surface area contributed by atoms with Crippen LogP contribution in [0.2, 0.25) is 0 Å². The van der Waals surface area contributed by atoms with Gasteiger partial charge in [-0.15, -0.1) is 0 Å². The standard InChI is InChI=1S/C20H18F3NO2/c1-19(24,12-25)16-4-2-14-11-18(7-3-13(14)10-16)26-17-8-5-15(6-9-17)20(21,22)23/h2-11,25H,12,24H2,1H3. The topological polar surface area (TPSA) is 55.5 Å². The Kier molecular flexibility index (Phi) is 4.64. The molecule has 3 aromatic carbocycles. The van der Waals surface area contributed by atoms with Crippen LogP contribution in [-0.4, -0.2) is 11.7 Å². The minimum Gasteiger partial charge on any atom is -0.457 e. The fourth-order valence-electron chi connectivity index (χ4n) is 2.58. The van der Waals surface area contributed by atoms with Crippen LogP contribution < -0.4 is 10.5 Å². The average Bonchev–Trinajstić information content (AvgIpc) is 2.61. The van der Waals surface area contributed by atoms with Crippen LogP contribution in [0.5, 0.6) is 11.5 Å². The Hall–Kier alpha value is -2.57. The van der Waals surface area contributed by atoms with Gasteiger partial charge in [-0.25, -0.2) is 0 Å². The Balaban J connectivity index is 1.84. The Morgan fingerprint density at radius 1 is 0.846 bits per heavy atom. The number of ether oxygens (including phenoxy) is 1. The summed E-state index contributed by atoms with van der Waals surface area (Å²) in [5.41, 5.74) is 5.31. The van der Waals surface area contributed by atoms with Gasteiger partial charge in [-0.05, 0) is 65.7 Å². The molecule has 3 N–H and O–H groups in total. The van der Waals surface area contributed by atoms with E-state index in [9.17, 15) is 18.3 Å². The smallest absolute Gasteiger partial charge is 0.416 e. The van der Waals surface area contributed by atoms with Crippen LogP contribution in [0.3, 0.4) is 0 Å². The molecule has 0 aliphatic heterocycles. The molecule has 26 heavy (non-hydrogen) atoms. The third-order valence-corrected chi connectivity index (χ3v) is 4.22. The average molecular weight is 361 g/mol. The fraction of sp³-hybridized carbons (Fsp3) is 0.200. The SMILES string of the molecule is CC(N)(CO)c1ccc2cc(Oc3ccc(C(F)(F)F)cc3)ccc2c1. The Morgan fingerprint density at radius 3 is 2.00 bits per heavy atom. The van der Waals surface area contributed by atoms with E-state index in [1.54, 1.807) is 19.1 Å². The lowest BCUT2D eigenvalue weighted by Crippen LogP contribution is -2.36. The quantitative estimate of drug-likeness (QED) is 0.701. The molecule has 0 fully saturated rings. The third-order valence-electron chi connectivity index (χ3n) is 4.22. The van der Waals surface area contributed by atoms with Crippen molar-refractivity contribution in [2.75, 3.05) is 6.61 Å². The maximum Gasteiger partial charge on any atom is 0.416 e. The first-order chi connectivity index (χ1) is 12.2. The molecule has 0 bridgehead atoms. The maximum absolute atomic E-state index is 12.6. The van der Waals surface area contributed by atoms with Gasteiger partial charge in [-0.3, -0.25) is 0 Å². The van der Waals surface area contributed by atoms with Crippen molar-refractivity contribution in [3.05, 3.63) is 71.8 Å². The van der Waals surface area contributed by atoms with Gasteiger partial charge in [0.15, 0.2) is 0 Å². The molecule has 1 unspecified atom stereocenters. The number of rotatable bonds is 4. The van der Waals surface area contributed by atoms with Crippen molar-refractivity contribution < 1.29 is 23.0 Å². The highest BCUT2D eigenvalue weighted by molar-refractivity contribution is 5.84. The largest absolute Gasteiger partial charge is 0.457 e. The van der Waals surface area contributed by atoms with Crippen molar-refractivity contribution in [3.8, 4) is 11.5 Å². The number of nitrogens with two attached hydrogens (primary N) is 1. The molecule has 3 nitrogen and oxygen atoms in total. The molecule has 0 amide bonds. The van der Waals surface area contributed by atoms with Crippen molar-refractivity contribution in [1.29, 1.82) is 0 Å². The lowest BCUT2D eigenvalue weighted by molar-refractivity contribution is -0.137. The minimum absolute atomic E-state index is 0.173. The van der Waals surface area contributed by atoms with Crippen molar-refractivity contribution in [2.24, 2.45) is 5.73 Å². The van der Waals surface area contributed by atoms with Gasteiger partial charge in [0.2, 0.25) is 0 Å². The zero-order chi connectivity index (χ0) is 18.9. The molecule has 0 heterocycles. The fourth-order valence-corrected chi connectivity index (χ4v) is 2.58. The Bertz CT molecular complexity index is 918. The summed E-state index contributed by atoms with van der Waals surface area (Å²) in [6.45, 7) is 1.57. The summed E-state index contributed by atoms with van der Waals surface area (Å²) in [6, 6.07) is 15.5. The molecule has 0 aromatic heterocycles. The number of fused-ring (bicyclic) bond motifs is 1. The van der Waals surface area contributed by atoms with Crippen molar-refractivity contribution in [1.82, 2.24) is 0 Å². The zero-order valence-electron chi connectivity index (χ0n) is 14.0. The number of benzene rings is 3. The number of aliphatic hydroxyl groups is 1. The number of hydrogen-bond donors (Lipinski definition) is 2. The maximum atomic E-state index is 12.6. The van der Waals surface area contributed by atoms with Crippen LogP contribution in [0, 0.1) is 0 Å². The van der Waals surface area contributed by atoms with Gasteiger partial charge in [-0.1, -0.05) is 18.2 Å². The summed E-state index contributed by atoms with van der Waals surface area (Å²) >= 11 is 0. The van der Waals surface area contributed by atoms with Crippen LogP contribution in [0.4, 0.5) is 13.2 Å². The molecule has 0 spiro atoms. The van der Waals surface area contributed by atoms with E-state index < -0.39 is 17.3 Å². The van der Waals surface area contributed by atoms with E-state index in [4.69, 9.17) is 10.5 Å². The molecule has 0 saturated carbocycles. The van der Waals surface area contributed by atoms with E-state index in [0.29, 0.717) is 11.5 Å². The van der Waals surface area contributed by atoms with Crippen LogP contribution in [0.1, 0.15) is 18.1 Å². The monoisotopic (exact) mass is 361 g/mol. The highest BCUT2D eigenvalue weighted by atomic mass is 19.4. The zero-order valence-corrected chi connectivity index (χ0v) is 14.0. The summed E-state index contributed by atoms with van der Waals surface area (Å²) in [6.07, 6.45) is -4.37. The molecular weight excluding hydrogens is 343 g/mol. The van der Waals surface area contributed by atoms with E-state index in [0.717, 1.165) is 28.5 Å². The van der Waals surface area contributed by atoms with Crippen molar-refractivity contribution in [3.63, 3.8) is 0 Å². The summed E-state index contributed by atoms with van der Waals surface area (Å²) in [5.74, 6) is 0.839. The van der Waals surface area contributed by atoms with Crippen molar-refractivity contribution >= 4 is 10.8 Å². The molecule has 1 atom stereocenters. The number of halogens is 3. The first-order valence-corrected chi connectivity index (χ1v) is 7.98. The van der Waals surface area contributed by atoms with Crippen molar-refractivity contribution in [2.45, 2.75) is 18.6 Å². The van der Waals surface area contributed by atoms with Gasteiger partial charge in [-0.2, -0.15) is 13.2 Å². The predicted molar refractivity (Wildman–Crippen MR) is 94.1 cm³/mol. The van der Waals surface area contributed by atoms with E-state index in [-0.39, 0.29) is 6.61 Å². The molecule has 0 radical (unpaired) electrons. The predicted octanol–water partition coefficient (Wildman–Crippen LogP) is 4.82. The van der Waals surface area contributed by atoms with Gasteiger partial charge in [0.1, 0.15) is 11.5 Å². The molecule has 3 aromatic rings. The summed E-state index contributed by atoms with van der Waals surface area (Å²) in [7, 11) is 0. The second-order valence-electron chi connectivity index (χ2n) is 6.42. The van der Waals surface area contributed by atoms with Crippen LogP contribution in [0.15, 0.2) is 60.7 Å². The summed E-state index contributed by atoms with van der Waals surface area (Å²) in [5, 5.41) is 11.2. The normalized spacial score (nSPS) is 14.2. The van der Waals surface area contributed by atoms with E-state index in [2.05, 4.69) is 0 Å². The van der Waals surface area contributed by atoms with Gasteiger partial charge in [0.05, 0.1) is 17.7 Å². The molecule has 6 heteroatoms. The van der Waals surface area contributed by atoms with Gasteiger partial charge >= 0.3 is 6.18 Å². The minimum atomic E-state index is -4.37. The van der Waals surface area contributed by atoms with Gasteiger partial charge in [0.25, 0.3) is 0 Å². The molecule has 0 saturated heterocycles. The Morgan fingerprint density at radius 2 is 1.38 bits per heavy atom. The summed E-state index contributed by atoms with van der Waals surface area (Å²) < 4.78 is 43.4. The van der Waals surface area contributed by atoms with Crippen LogP contribution >= 0.6 is 0 Å².